The van der Waals surface area contributed by atoms with Gasteiger partial charge in [0.15, 0.2) is 0 Å². The molecule has 0 bridgehead atoms. The van der Waals surface area contributed by atoms with Crippen LogP contribution in [0.4, 0.5) is 4.79 Å². The van der Waals surface area contributed by atoms with Crippen LogP contribution < -0.4 is 0 Å². The molecular formula is C5HCl5N8O. The molecule has 0 unspecified atom stereocenters. The Labute approximate surface area is 129 Å². The molecule has 0 N–H and O–H groups in total. The number of carbonyl (C=O) groups is 1. The van der Waals surface area contributed by atoms with Crippen LogP contribution in [0.15, 0.2) is 6.33 Å². The number of aromatic nitrogens is 8. The zero-order chi connectivity index (χ0) is 14.3. The summed E-state index contributed by atoms with van der Waals surface area (Å²) < 4.78 is -2.99. The summed E-state index contributed by atoms with van der Waals surface area (Å²) in [5.41, 5.74) is 0. The van der Waals surface area contributed by atoms with Crippen LogP contribution >= 0.6 is 58.0 Å². The molecule has 0 aromatic carbocycles. The van der Waals surface area contributed by atoms with Crippen LogP contribution in [-0.4, -0.2) is 50.2 Å². The van der Waals surface area contributed by atoms with E-state index >= 15 is 0 Å². The minimum atomic E-state index is -2.18. The number of rotatable bonds is 1. The normalized spacial score (nSPS) is 12.7. The van der Waals surface area contributed by atoms with Gasteiger partial charge in [-0.15, -0.1) is 19.6 Å². The monoisotopic (exact) mass is 364 g/mol. The van der Waals surface area contributed by atoms with Gasteiger partial charge in [0.25, 0.3) is 0 Å². The van der Waals surface area contributed by atoms with Crippen LogP contribution in [0.3, 0.4) is 0 Å². The van der Waals surface area contributed by atoms with Crippen molar-refractivity contribution in [1.29, 1.82) is 0 Å². The summed E-state index contributed by atoms with van der Waals surface area (Å²) in [5.74, 6) is -0.392. The molecule has 14 heteroatoms. The van der Waals surface area contributed by atoms with E-state index in [2.05, 4.69) is 31.1 Å². The zero-order valence-corrected chi connectivity index (χ0v) is 12.2. The Morgan fingerprint density at radius 1 is 1.11 bits per heavy atom. The van der Waals surface area contributed by atoms with Crippen molar-refractivity contribution in [3.8, 4) is 0 Å². The number of carbonyl (C=O) groups excluding carboxylic acids is 1. The van der Waals surface area contributed by atoms with Gasteiger partial charge >= 0.3 is 6.03 Å². The number of halogens is 5. The van der Waals surface area contributed by atoms with Crippen LogP contribution in [0.2, 0.25) is 0 Å². The highest BCUT2D eigenvalue weighted by atomic mass is 35.6. The molecule has 0 aliphatic heterocycles. The number of alkyl halides is 5. The van der Waals surface area contributed by atoms with E-state index in [1.807, 2.05) is 0 Å². The Morgan fingerprint density at radius 3 is 2.32 bits per heavy atom. The molecule has 19 heavy (non-hydrogen) atoms. The molecule has 2 aromatic rings. The van der Waals surface area contributed by atoms with Gasteiger partial charge in [0.05, 0.1) is 0 Å². The fraction of sp³-hybridized carbons (Fsp3) is 0.400. The van der Waals surface area contributed by atoms with Gasteiger partial charge in [0, 0.05) is 0 Å². The van der Waals surface area contributed by atoms with Gasteiger partial charge in [0.2, 0.25) is 14.0 Å². The molecule has 2 rings (SSSR count). The van der Waals surface area contributed by atoms with E-state index in [4.69, 9.17) is 58.0 Å². The minimum absolute atomic E-state index is 0.392. The lowest BCUT2D eigenvalue weighted by Crippen LogP contribution is -2.35. The standard InChI is InChI=1S/C5HCl5N8O/c6-4(7,5(8,9)10)2-12-14-16-18(2)3(19)17-1-11-13-15-17/h1H. The summed E-state index contributed by atoms with van der Waals surface area (Å²) >= 11 is 28.6. The predicted octanol–water partition coefficient (Wildman–Crippen LogP) is 1.18. The Hall–Kier alpha value is -0.740. The van der Waals surface area contributed by atoms with E-state index in [1.165, 1.54) is 0 Å². The molecule has 2 heterocycles. The Bertz CT molecular complexity index is 587. The molecule has 2 aromatic heterocycles. The zero-order valence-electron chi connectivity index (χ0n) is 8.45. The fourth-order valence-electron chi connectivity index (χ4n) is 0.984. The molecule has 0 amide bonds. The number of hydrogen-bond donors (Lipinski definition) is 0. The van der Waals surface area contributed by atoms with E-state index in [0.29, 0.717) is 4.68 Å². The van der Waals surface area contributed by atoms with Crippen molar-refractivity contribution in [2.75, 3.05) is 0 Å². The van der Waals surface area contributed by atoms with Gasteiger partial charge in [-0.25, -0.2) is 4.79 Å². The maximum Gasteiger partial charge on any atom is 0.375 e. The van der Waals surface area contributed by atoms with E-state index < -0.39 is 20.0 Å². The number of tetrazole rings is 2. The summed E-state index contributed by atoms with van der Waals surface area (Å²) in [6, 6.07) is -0.857. The highest BCUT2D eigenvalue weighted by molar-refractivity contribution is 6.75. The van der Waals surface area contributed by atoms with Gasteiger partial charge < -0.3 is 0 Å². The van der Waals surface area contributed by atoms with Gasteiger partial charge in [0.1, 0.15) is 6.33 Å². The van der Waals surface area contributed by atoms with Gasteiger partial charge in [-0.1, -0.05) is 58.0 Å². The van der Waals surface area contributed by atoms with Crippen LogP contribution in [0, 0.1) is 0 Å². The highest BCUT2D eigenvalue weighted by Gasteiger charge is 2.52. The van der Waals surface area contributed by atoms with Crippen molar-refractivity contribution in [3.63, 3.8) is 0 Å². The third-order valence-electron chi connectivity index (χ3n) is 1.83. The second kappa shape index (κ2) is 4.98. The second-order valence-corrected chi connectivity index (χ2v) is 6.63. The summed E-state index contributed by atoms with van der Waals surface area (Å²) in [6.45, 7) is 0. The first-order valence-corrected chi connectivity index (χ1v) is 6.15. The molecule has 102 valence electrons. The Kier molecular flexibility index (Phi) is 3.85. The van der Waals surface area contributed by atoms with Gasteiger partial charge in [-0.05, 0) is 20.9 Å². The largest absolute Gasteiger partial charge is 0.375 e. The van der Waals surface area contributed by atoms with Crippen molar-refractivity contribution in [2.24, 2.45) is 0 Å². The first-order chi connectivity index (χ1) is 8.75. The second-order valence-electron chi connectivity index (χ2n) is 3.02. The molecule has 0 aliphatic rings. The first-order valence-electron chi connectivity index (χ1n) is 4.26. The van der Waals surface area contributed by atoms with Crippen molar-refractivity contribution >= 4 is 64.0 Å². The van der Waals surface area contributed by atoms with Crippen LogP contribution in [0.5, 0.6) is 0 Å². The molecule has 0 saturated carbocycles. The molecule has 0 spiro atoms. The number of nitrogens with zero attached hydrogens (tertiary/aromatic N) is 8. The molecule has 0 fully saturated rings. The lowest BCUT2D eigenvalue weighted by molar-refractivity contribution is 0.236. The van der Waals surface area contributed by atoms with Crippen LogP contribution in [0.1, 0.15) is 5.82 Å². The minimum Gasteiger partial charge on any atom is -0.243 e. The van der Waals surface area contributed by atoms with Crippen molar-refractivity contribution in [2.45, 2.75) is 8.13 Å². The molecule has 0 radical (unpaired) electrons. The van der Waals surface area contributed by atoms with E-state index in [1.54, 1.807) is 0 Å². The van der Waals surface area contributed by atoms with E-state index in [9.17, 15) is 4.79 Å². The Balaban J connectivity index is 2.47. The molecular weight excluding hydrogens is 365 g/mol. The SMILES string of the molecule is O=C(n1cnnn1)n1nnnc1C(Cl)(Cl)C(Cl)(Cl)Cl. The van der Waals surface area contributed by atoms with E-state index in [-0.39, 0.29) is 0 Å². The van der Waals surface area contributed by atoms with Crippen LogP contribution in [0.25, 0.3) is 0 Å². The third-order valence-corrected chi connectivity index (χ3v) is 4.17. The lowest BCUT2D eigenvalue weighted by Gasteiger charge is -2.25. The smallest absolute Gasteiger partial charge is 0.243 e. The maximum absolute atomic E-state index is 12.0. The maximum atomic E-state index is 12.0. The average Bonchev–Trinajstić information content (AvgIpc) is 2.98. The Morgan fingerprint density at radius 2 is 1.79 bits per heavy atom. The molecule has 0 saturated heterocycles. The molecule has 9 nitrogen and oxygen atoms in total. The first kappa shape index (κ1) is 14.7. The van der Waals surface area contributed by atoms with Crippen molar-refractivity contribution in [3.05, 3.63) is 12.2 Å². The van der Waals surface area contributed by atoms with Gasteiger partial charge in [-0.3, -0.25) is 0 Å². The van der Waals surface area contributed by atoms with Crippen LogP contribution in [-0.2, 0) is 4.33 Å². The van der Waals surface area contributed by atoms with E-state index in [0.717, 1.165) is 11.0 Å². The fourth-order valence-corrected chi connectivity index (χ4v) is 1.47. The average molecular weight is 366 g/mol. The summed E-state index contributed by atoms with van der Waals surface area (Å²) in [5, 5.41) is 20.0. The topological polar surface area (TPSA) is 104 Å². The molecule has 0 atom stereocenters. The van der Waals surface area contributed by atoms with Crippen molar-refractivity contribution in [1.82, 2.24) is 40.4 Å². The lowest BCUT2D eigenvalue weighted by atomic mass is 10.4. The quantitative estimate of drug-likeness (QED) is 0.551. The highest BCUT2D eigenvalue weighted by Crippen LogP contribution is 2.51. The predicted molar refractivity (Wildman–Crippen MR) is 65.5 cm³/mol. The third kappa shape index (κ3) is 2.61. The van der Waals surface area contributed by atoms with Crippen molar-refractivity contribution < 1.29 is 4.79 Å². The van der Waals surface area contributed by atoms with Gasteiger partial charge in [-0.2, -0.15) is 0 Å². The molecule has 0 aliphatic carbocycles. The summed E-state index contributed by atoms with van der Waals surface area (Å²) in [6.07, 6.45) is 1.02. The number of hydrogen-bond acceptors (Lipinski definition) is 7. The summed E-state index contributed by atoms with van der Waals surface area (Å²) in [4.78, 5) is 12.0. The summed E-state index contributed by atoms with van der Waals surface area (Å²) in [7, 11) is 0.